The number of nitrogens with one attached hydrogen (secondary N) is 2. The highest BCUT2D eigenvalue weighted by Crippen LogP contribution is 2.36. The van der Waals surface area contributed by atoms with E-state index in [4.69, 9.17) is 0 Å². The van der Waals surface area contributed by atoms with Crippen LogP contribution in [0.1, 0.15) is 24.0 Å². The first kappa shape index (κ1) is 19.0. The van der Waals surface area contributed by atoms with Gasteiger partial charge in [-0.15, -0.1) is 0 Å². The zero-order valence-corrected chi connectivity index (χ0v) is 15.4. The number of alkyl halides is 3. The van der Waals surface area contributed by atoms with E-state index in [2.05, 4.69) is 15.6 Å². The summed E-state index contributed by atoms with van der Waals surface area (Å²) in [6, 6.07) is 12.8. The molecule has 7 heteroatoms. The molecule has 0 radical (unpaired) electrons. The van der Waals surface area contributed by atoms with Gasteiger partial charge in [0.1, 0.15) is 0 Å². The van der Waals surface area contributed by atoms with Crippen molar-refractivity contribution in [1.29, 1.82) is 0 Å². The summed E-state index contributed by atoms with van der Waals surface area (Å²) in [5.41, 5.74) is 2.40. The van der Waals surface area contributed by atoms with Crippen LogP contribution in [0.5, 0.6) is 0 Å². The van der Waals surface area contributed by atoms with Crippen molar-refractivity contribution >= 4 is 33.8 Å². The molecule has 1 aliphatic heterocycles. The zero-order valence-electron chi connectivity index (χ0n) is 15.4. The number of fused-ring (bicyclic) bond motifs is 2. The summed E-state index contributed by atoms with van der Waals surface area (Å²) in [6.45, 7) is 0.510. The molecular formula is C22H18F3N3O. The minimum atomic E-state index is -4.41. The van der Waals surface area contributed by atoms with Gasteiger partial charge >= 0.3 is 6.18 Å². The number of carbonyl (C=O) groups is 1. The lowest BCUT2D eigenvalue weighted by Crippen LogP contribution is -2.12. The lowest BCUT2D eigenvalue weighted by atomic mass is 9.98. The fraction of sp³-hybridized carbons (Fsp3) is 0.182. The molecule has 4 nitrogen and oxygen atoms in total. The smallest absolute Gasteiger partial charge is 0.384 e. The summed E-state index contributed by atoms with van der Waals surface area (Å²) in [6.07, 6.45) is -0.135. The SMILES string of the molecule is O=C(CC1=CCCNc2cc(C(F)(F)F)ccc21)Nc1ccc2cccnc2c1. The number of hydrogen-bond donors (Lipinski definition) is 2. The predicted octanol–water partition coefficient (Wildman–Crippen LogP) is 5.48. The van der Waals surface area contributed by atoms with Gasteiger partial charge in [-0.05, 0) is 42.3 Å². The van der Waals surface area contributed by atoms with Gasteiger partial charge in [0.25, 0.3) is 0 Å². The van der Waals surface area contributed by atoms with Crippen LogP contribution in [0.4, 0.5) is 24.5 Å². The van der Waals surface area contributed by atoms with Gasteiger partial charge in [0.2, 0.25) is 5.91 Å². The molecule has 1 aromatic heterocycles. The van der Waals surface area contributed by atoms with E-state index in [1.54, 1.807) is 18.3 Å². The van der Waals surface area contributed by atoms with Crippen molar-refractivity contribution < 1.29 is 18.0 Å². The van der Waals surface area contributed by atoms with Crippen molar-refractivity contribution in [2.45, 2.75) is 19.0 Å². The van der Waals surface area contributed by atoms with Gasteiger partial charge in [-0.3, -0.25) is 9.78 Å². The number of pyridine rings is 1. The Morgan fingerprint density at radius 3 is 2.83 bits per heavy atom. The molecule has 2 heterocycles. The van der Waals surface area contributed by atoms with E-state index in [-0.39, 0.29) is 12.3 Å². The minimum absolute atomic E-state index is 0.0697. The van der Waals surface area contributed by atoms with E-state index in [0.717, 1.165) is 23.0 Å². The maximum Gasteiger partial charge on any atom is 0.416 e. The quantitative estimate of drug-likeness (QED) is 0.615. The van der Waals surface area contributed by atoms with E-state index >= 15 is 0 Å². The number of carbonyl (C=O) groups excluding carboxylic acids is 1. The normalized spacial score (nSPS) is 13.8. The van der Waals surface area contributed by atoms with Crippen LogP contribution in [0.15, 0.2) is 60.8 Å². The zero-order chi connectivity index (χ0) is 20.4. The number of rotatable bonds is 3. The van der Waals surface area contributed by atoms with Crippen molar-refractivity contribution in [2.24, 2.45) is 0 Å². The van der Waals surface area contributed by atoms with Crippen LogP contribution >= 0.6 is 0 Å². The standard InChI is InChI=1S/C22H18F3N3O/c23-22(24,25)16-6-8-18-15(4-2-10-27-20(18)12-16)11-21(29)28-17-7-5-14-3-1-9-26-19(14)13-17/h1,3-9,12-13,27H,2,10-11H2,(H,28,29). The summed E-state index contributed by atoms with van der Waals surface area (Å²) in [5.74, 6) is -0.237. The molecule has 4 rings (SSSR count). The maximum atomic E-state index is 13.0. The van der Waals surface area contributed by atoms with Gasteiger partial charge < -0.3 is 10.6 Å². The van der Waals surface area contributed by atoms with Crippen LogP contribution in [0.3, 0.4) is 0 Å². The molecule has 1 amide bonds. The maximum absolute atomic E-state index is 13.0. The molecule has 2 aromatic carbocycles. The fourth-order valence-electron chi connectivity index (χ4n) is 3.40. The summed E-state index contributed by atoms with van der Waals surface area (Å²) < 4.78 is 39.0. The predicted molar refractivity (Wildman–Crippen MR) is 108 cm³/mol. The van der Waals surface area contributed by atoms with Crippen LogP contribution in [-0.4, -0.2) is 17.4 Å². The molecule has 0 unspecified atom stereocenters. The van der Waals surface area contributed by atoms with Gasteiger partial charge in [0, 0.05) is 35.1 Å². The van der Waals surface area contributed by atoms with Crippen LogP contribution in [0, 0.1) is 0 Å². The third-order valence-electron chi connectivity index (χ3n) is 4.78. The number of benzene rings is 2. The number of amides is 1. The second-order valence-corrected chi connectivity index (χ2v) is 6.84. The Balaban J connectivity index is 1.54. The highest BCUT2D eigenvalue weighted by Gasteiger charge is 2.31. The molecule has 0 saturated carbocycles. The molecule has 0 fully saturated rings. The first-order chi connectivity index (χ1) is 13.9. The highest BCUT2D eigenvalue weighted by atomic mass is 19.4. The Kier molecular flexibility index (Phi) is 4.96. The Morgan fingerprint density at radius 1 is 1.14 bits per heavy atom. The molecule has 0 saturated heterocycles. The Hall–Kier alpha value is -3.35. The third-order valence-corrected chi connectivity index (χ3v) is 4.78. The molecule has 2 N–H and O–H groups in total. The summed E-state index contributed by atoms with van der Waals surface area (Å²) in [4.78, 5) is 16.9. The molecule has 0 atom stereocenters. The minimum Gasteiger partial charge on any atom is -0.384 e. The second-order valence-electron chi connectivity index (χ2n) is 6.84. The largest absolute Gasteiger partial charge is 0.416 e. The van der Waals surface area contributed by atoms with Crippen molar-refractivity contribution in [1.82, 2.24) is 4.98 Å². The van der Waals surface area contributed by atoms with Crippen LogP contribution < -0.4 is 10.6 Å². The Labute approximate surface area is 165 Å². The monoisotopic (exact) mass is 397 g/mol. The van der Waals surface area contributed by atoms with E-state index < -0.39 is 11.7 Å². The van der Waals surface area contributed by atoms with Crippen molar-refractivity contribution in [3.05, 3.63) is 71.9 Å². The lowest BCUT2D eigenvalue weighted by molar-refractivity contribution is -0.137. The Morgan fingerprint density at radius 2 is 2.00 bits per heavy atom. The molecule has 1 aliphatic rings. The van der Waals surface area contributed by atoms with Gasteiger partial charge in [0.15, 0.2) is 0 Å². The Bertz CT molecular complexity index is 1110. The number of hydrogen-bond acceptors (Lipinski definition) is 3. The fourth-order valence-corrected chi connectivity index (χ4v) is 3.40. The first-order valence-corrected chi connectivity index (χ1v) is 9.19. The molecule has 3 aromatic rings. The third kappa shape index (κ3) is 4.23. The number of aromatic nitrogens is 1. The van der Waals surface area contributed by atoms with Crippen LogP contribution in [0.25, 0.3) is 16.5 Å². The van der Waals surface area contributed by atoms with Crippen molar-refractivity contribution in [3.8, 4) is 0 Å². The van der Waals surface area contributed by atoms with E-state index in [1.165, 1.54) is 6.07 Å². The summed E-state index contributed by atoms with van der Waals surface area (Å²) in [5, 5.41) is 6.84. The van der Waals surface area contributed by atoms with Gasteiger partial charge in [-0.25, -0.2) is 0 Å². The van der Waals surface area contributed by atoms with Crippen molar-refractivity contribution in [2.75, 3.05) is 17.2 Å². The molecule has 0 bridgehead atoms. The van der Waals surface area contributed by atoms with Crippen molar-refractivity contribution in [3.63, 3.8) is 0 Å². The van der Waals surface area contributed by atoms with Crippen LogP contribution in [0.2, 0.25) is 0 Å². The van der Waals surface area contributed by atoms with Gasteiger partial charge in [-0.1, -0.05) is 24.3 Å². The molecule has 0 aliphatic carbocycles. The lowest BCUT2D eigenvalue weighted by Gasteiger charge is -2.15. The van der Waals surface area contributed by atoms with Crippen LogP contribution in [-0.2, 0) is 11.0 Å². The number of halogens is 3. The molecule has 148 valence electrons. The van der Waals surface area contributed by atoms with E-state index in [9.17, 15) is 18.0 Å². The molecular weight excluding hydrogens is 379 g/mol. The number of anilines is 2. The number of nitrogens with zero attached hydrogens (tertiary/aromatic N) is 1. The first-order valence-electron chi connectivity index (χ1n) is 9.19. The van der Waals surface area contributed by atoms with E-state index in [1.807, 2.05) is 24.3 Å². The molecule has 0 spiro atoms. The molecule has 29 heavy (non-hydrogen) atoms. The second kappa shape index (κ2) is 7.58. The van der Waals surface area contributed by atoms with Gasteiger partial charge in [0.05, 0.1) is 17.5 Å². The highest BCUT2D eigenvalue weighted by molar-refractivity contribution is 6.00. The van der Waals surface area contributed by atoms with Gasteiger partial charge in [-0.2, -0.15) is 13.2 Å². The summed E-state index contributed by atoms with van der Waals surface area (Å²) >= 11 is 0. The topological polar surface area (TPSA) is 54.0 Å². The average molecular weight is 397 g/mol. The average Bonchev–Trinajstić information content (AvgIpc) is 2.89. The van der Waals surface area contributed by atoms with E-state index in [0.29, 0.717) is 35.5 Å². The summed E-state index contributed by atoms with van der Waals surface area (Å²) in [7, 11) is 0.